The van der Waals surface area contributed by atoms with Crippen LogP contribution in [-0.2, 0) is 4.79 Å². The first-order valence-corrected chi connectivity index (χ1v) is 14.1. The molecule has 1 aliphatic heterocycles. The molecule has 1 fully saturated rings. The van der Waals surface area contributed by atoms with E-state index in [-0.39, 0.29) is 24.3 Å². The fourth-order valence-corrected chi connectivity index (χ4v) is 4.43. The molecule has 39 heavy (non-hydrogen) atoms. The van der Waals surface area contributed by atoms with E-state index in [1.165, 1.54) is 0 Å². The number of aliphatic hydroxyl groups is 1. The Bertz CT molecular complexity index is 1300. The number of allylic oxidation sites excluding steroid dienone is 3. The second-order valence-electron chi connectivity index (χ2n) is 9.88. The summed E-state index contributed by atoms with van der Waals surface area (Å²) in [6, 6.07) is 3.62. The number of carbonyl (C=O) groups is 1. The molecule has 0 spiro atoms. The number of pyridine rings is 2. The minimum atomic E-state index is -1.07. The Hall–Kier alpha value is -3.39. The van der Waals surface area contributed by atoms with E-state index in [0.29, 0.717) is 17.8 Å². The molecule has 2 aliphatic rings. The van der Waals surface area contributed by atoms with Gasteiger partial charge in [0.05, 0.1) is 35.0 Å². The van der Waals surface area contributed by atoms with E-state index in [0.717, 1.165) is 39.9 Å². The molecule has 1 aliphatic carbocycles. The van der Waals surface area contributed by atoms with Crippen molar-refractivity contribution in [3.63, 3.8) is 0 Å². The minimum absolute atomic E-state index is 0.147. The molecular weight excluding hydrogens is 493 g/mol. The zero-order valence-corrected chi connectivity index (χ0v) is 24.1. The number of rotatable bonds is 9. The molecule has 1 saturated carbocycles. The standard InChI is InChI=1S/C29H36FN5O2.C2H6/c1-6-9-31-27(16(4)7-2)28-19(21-15-32-24(10-17(21)5)25(36)8-3)11-18-14-33-26(13-23(18)34-28)35-29(37)20-12-22(20)30;1-2/h6,9-11,13-16,20,22,24-25,32,36H,7-8,12H2,1-5H3,(H,33,35,37);1-2H3/b9-6-,31-27?;. The number of amides is 1. The molecule has 0 aromatic carbocycles. The fraction of sp³-hybridized carbons (Fsp3) is 0.484. The van der Waals surface area contributed by atoms with Gasteiger partial charge < -0.3 is 15.7 Å². The summed E-state index contributed by atoms with van der Waals surface area (Å²) in [6.45, 7) is 14.2. The Kier molecular flexibility index (Phi) is 10.5. The van der Waals surface area contributed by atoms with Gasteiger partial charge in [-0.05, 0) is 44.7 Å². The number of carbonyl (C=O) groups excluding carboxylic acids is 1. The van der Waals surface area contributed by atoms with Gasteiger partial charge in [-0.25, -0.2) is 14.4 Å². The second-order valence-corrected chi connectivity index (χ2v) is 9.88. The third kappa shape index (κ3) is 6.98. The monoisotopic (exact) mass is 535 g/mol. The molecule has 0 saturated heterocycles. The van der Waals surface area contributed by atoms with Crippen LogP contribution in [0.15, 0.2) is 53.4 Å². The minimum Gasteiger partial charge on any atom is -0.391 e. The number of nitrogens with one attached hydrogen (secondary N) is 2. The van der Waals surface area contributed by atoms with Gasteiger partial charge in [-0.1, -0.05) is 46.8 Å². The number of hydrogen-bond acceptors (Lipinski definition) is 6. The maximum Gasteiger partial charge on any atom is 0.231 e. The first-order valence-electron chi connectivity index (χ1n) is 14.1. The summed E-state index contributed by atoms with van der Waals surface area (Å²) in [4.78, 5) is 26.5. The average Bonchev–Trinajstić information content (AvgIpc) is 3.69. The number of anilines is 1. The molecular formula is C31H42FN5O2. The summed E-state index contributed by atoms with van der Waals surface area (Å²) in [6.07, 6.45) is 9.59. The molecule has 7 nitrogen and oxygen atoms in total. The Morgan fingerprint density at radius 1 is 1.31 bits per heavy atom. The molecule has 4 rings (SSSR count). The second kappa shape index (κ2) is 13.6. The van der Waals surface area contributed by atoms with E-state index in [9.17, 15) is 14.3 Å². The lowest BCUT2D eigenvalue weighted by atomic mass is 9.88. The van der Waals surface area contributed by atoms with Crippen LogP contribution in [0, 0.1) is 11.8 Å². The van der Waals surface area contributed by atoms with Crippen LogP contribution in [0.25, 0.3) is 16.5 Å². The third-order valence-electron chi connectivity index (χ3n) is 7.08. The van der Waals surface area contributed by atoms with E-state index in [1.54, 1.807) is 18.5 Å². The first kappa shape index (κ1) is 30.2. The predicted molar refractivity (Wildman–Crippen MR) is 158 cm³/mol. The lowest BCUT2D eigenvalue weighted by Crippen LogP contribution is -2.37. The highest BCUT2D eigenvalue weighted by Gasteiger charge is 2.43. The molecule has 2 aromatic heterocycles. The number of aromatic nitrogens is 2. The van der Waals surface area contributed by atoms with Gasteiger partial charge >= 0.3 is 0 Å². The number of alkyl halides is 1. The van der Waals surface area contributed by atoms with Crippen LogP contribution in [-0.4, -0.2) is 45.0 Å². The summed E-state index contributed by atoms with van der Waals surface area (Å²) in [5.41, 5.74) is 5.21. The normalized spacial score (nSPS) is 22.3. The van der Waals surface area contributed by atoms with Crippen molar-refractivity contribution in [3.05, 3.63) is 59.7 Å². The number of fused-ring (bicyclic) bond motifs is 1. The number of aliphatic imine (C=N–C) groups is 1. The highest BCUT2D eigenvalue weighted by Crippen LogP contribution is 2.35. The molecule has 5 atom stereocenters. The molecule has 3 heterocycles. The topological polar surface area (TPSA) is 99.5 Å². The van der Waals surface area contributed by atoms with Crippen molar-refractivity contribution in [2.24, 2.45) is 16.8 Å². The molecule has 1 amide bonds. The summed E-state index contributed by atoms with van der Waals surface area (Å²) in [5, 5.41) is 17.2. The molecule has 3 N–H and O–H groups in total. The van der Waals surface area contributed by atoms with Crippen molar-refractivity contribution in [1.82, 2.24) is 15.3 Å². The Morgan fingerprint density at radius 2 is 2.03 bits per heavy atom. The number of nitrogens with zero attached hydrogens (tertiary/aromatic N) is 3. The summed E-state index contributed by atoms with van der Waals surface area (Å²) < 4.78 is 13.3. The Labute approximate surface area is 231 Å². The van der Waals surface area contributed by atoms with Crippen molar-refractivity contribution in [2.45, 2.75) is 86.0 Å². The van der Waals surface area contributed by atoms with Crippen LogP contribution in [0.4, 0.5) is 10.2 Å². The maximum absolute atomic E-state index is 13.3. The lowest BCUT2D eigenvalue weighted by Gasteiger charge is -2.27. The number of dihydropyridines is 1. The number of halogens is 1. The van der Waals surface area contributed by atoms with Crippen molar-refractivity contribution >= 4 is 33.9 Å². The smallest absolute Gasteiger partial charge is 0.231 e. The molecule has 0 radical (unpaired) electrons. The van der Waals surface area contributed by atoms with Crippen molar-refractivity contribution in [1.29, 1.82) is 0 Å². The van der Waals surface area contributed by atoms with Gasteiger partial charge in [0.15, 0.2) is 0 Å². The van der Waals surface area contributed by atoms with Crippen LogP contribution in [0.2, 0.25) is 0 Å². The van der Waals surface area contributed by atoms with Gasteiger partial charge in [-0.2, -0.15) is 0 Å². The van der Waals surface area contributed by atoms with Crippen LogP contribution in [0.1, 0.15) is 79.0 Å². The van der Waals surface area contributed by atoms with Crippen LogP contribution in [0.5, 0.6) is 0 Å². The summed E-state index contributed by atoms with van der Waals surface area (Å²) >= 11 is 0. The van der Waals surface area contributed by atoms with Gasteiger partial charge in [0.25, 0.3) is 0 Å². The van der Waals surface area contributed by atoms with Gasteiger partial charge in [-0.3, -0.25) is 9.79 Å². The highest BCUT2D eigenvalue weighted by molar-refractivity contribution is 6.07. The number of aliphatic hydroxyl groups excluding tert-OH is 1. The van der Waals surface area contributed by atoms with Crippen molar-refractivity contribution in [3.8, 4) is 0 Å². The van der Waals surface area contributed by atoms with Gasteiger partial charge in [0, 0.05) is 47.1 Å². The SMILES string of the molecule is C/C=C\N=C(c1nc2cc(NC(=O)C3CC3F)ncc2cc1C1=CNC(C(O)CC)C=C1C)C(C)CC.CC. The molecule has 2 aromatic rings. The van der Waals surface area contributed by atoms with E-state index in [1.807, 2.05) is 53.0 Å². The molecule has 8 heteroatoms. The zero-order valence-electron chi connectivity index (χ0n) is 24.1. The average molecular weight is 536 g/mol. The lowest BCUT2D eigenvalue weighted by molar-refractivity contribution is -0.117. The van der Waals surface area contributed by atoms with Crippen LogP contribution < -0.4 is 10.6 Å². The van der Waals surface area contributed by atoms with E-state index in [2.05, 4.69) is 35.5 Å². The van der Waals surface area contributed by atoms with Crippen molar-refractivity contribution in [2.75, 3.05) is 5.32 Å². The largest absolute Gasteiger partial charge is 0.391 e. The number of hydrogen-bond donors (Lipinski definition) is 3. The molecule has 5 unspecified atom stereocenters. The van der Waals surface area contributed by atoms with Crippen LogP contribution >= 0.6 is 0 Å². The zero-order chi connectivity index (χ0) is 28.7. The summed E-state index contributed by atoms with van der Waals surface area (Å²) in [7, 11) is 0. The Balaban J connectivity index is 0.00000205. The maximum atomic E-state index is 13.3. The summed E-state index contributed by atoms with van der Waals surface area (Å²) in [5.74, 6) is -0.448. The van der Waals surface area contributed by atoms with E-state index < -0.39 is 18.2 Å². The third-order valence-corrected chi connectivity index (χ3v) is 7.08. The van der Waals surface area contributed by atoms with Gasteiger partial charge in [0.2, 0.25) is 5.91 Å². The quantitative estimate of drug-likeness (QED) is 0.325. The molecule has 210 valence electrons. The van der Waals surface area contributed by atoms with Crippen LogP contribution in [0.3, 0.4) is 0 Å². The van der Waals surface area contributed by atoms with Crippen molar-refractivity contribution < 1.29 is 14.3 Å². The van der Waals surface area contributed by atoms with Gasteiger partial charge in [-0.15, -0.1) is 0 Å². The highest BCUT2D eigenvalue weighted by atomic mass is 19.1. The van der Waals surface area contributed by atoms with E-state index in [4.69, 9.17) is 9.98 Å². The molecule has 0 bridgehead atoms. The van der Waals surface area contributed by atoms with E-state index >= 15 is 0 Å². The predicted octanol–water partition coefficient (Wildman–Crippen LogP) is 6.35. The Morgan fingerprint density at radius 3 is 2.62 bits per heavy atom. The van der Waals surface area contributed by atoms with Gasteiger partial charge in [0.1, 0.15) is 12.0 Å². The fourth-order valence-electron chi connectivity index (χ4n) is 4.43. The first-order chi connectivity index (χ1) is 18.8.